The minimum atomic E-state index is 0.133. The first-order chi connectivity index (χ1) is 5.46. The van der Waals surface area contributed by atoms with Gasteiger partial charge < -0.3 is 17.2 Å². The molecule has 0 aliphatic heterocycles. The molecule has 6 heteroatoms. The smallest absolute Gasteiger partial charge is 0.0902 e. The van der Waals surface area contributed by atoms with Crippen molar-refractivity contribution >= 4 is 51.9 Å². The average Bonchev–Trinajstić information content (AvgIpc) is 2.08. The molecule has 1 aromatic rings. The maximum absolute atomic E-state index is 5.69. The third kappa shape index (κ3) is 1.24. The molecule has 0 amide bonds. The number of nitrogen functional groups attached to an aromatic ring is 3. The molecule has 6 N–H and O–H groups in total. The van der Waals surface area contributed by atoms with E-state index in [1.807, 2.05) is 0 Å². The summed E-state index contributed by atoms with van der Waals surface area (Å²) in [5, 5.41) is 0.409. The van der Waals surface area contributed by atoms with Gasteiger partial charge in [-0.1, -0.05) is 34.8 Å². The Morgan fingerprint density at radius 3 is 1.42 bits per heavy atom. The molecule has 0 aromatic heterocycles. The Kier molecular flexibility index (Phi) is 2.46. The number of hydrogen-bond donors (Lipinski definition) is 3. The summed E-state index contributed by atoms with van der Waals surface area (Å²) in [5.74, 6) is 0. The van der Waals surface area contributed by atoms with Gasteiger partial charge in [0.1, 0.15) is 0 Å². The Morgan fingerprint density at radius 1 is 0.583 bits per heavy atom. The van der Waals surface area contributed by atoms with Crippen LogP contribution in [-0.2, 0) is 0 Å². The summed E-state index contributed by atoms with van der Waals surface area (Å²) in [6.45, 7) is 0. The number of hydrogen-bond acceptors (Lipinski definition) is 3. The number of halogens is 3. The number of nitrogens with two attached hydrogens (primary N) is 3. The van der Waals surface area contributed by atoms with E-state index in [-0.39, 0.29) is 32.1 Å². The van der Waals surface area contributed by atoms with Crippen LogP contribution in [0.4, 0.5) is 17.1 Å². The summed E-state index contributed by atoms with van der Waals surface area (Å²) < 4.78 is 0. The van der Waals surface area contributed by atoms with Gasteiger partial charge in [-0.15, -0.1) is 0 Å². The van der Waals surface area contributed by atoms with Gasteiger partial charge in [0.05, 0.1) is 32.1 Å². The highest BCUT2D eigenvalue weighted by Crippen LogP contribution is 2.43. The molecule has 0 unspecified atom stereocenters. The molecule has 0 atom stereocenters. The lowest BCUT2D eigenvalue weighted by Crippen LogP contribution is -2.00. The number of anilines is 3. The Hall–Kier alpha value is -0.510. The van der Waals surface area contributed by atoms with Gasteiger partial charge in [-0.05, 0) is 0 Å². The van der Waals surface area contributed by atoms with Crippen LogP contribution in [0.1, 0.15) is 0 Å². The predicted octanol–water partition coefficient (Wildman–Crippen LogP) is 2.39. The van der Waals surface area contributed by atoms with E-state index in [1.165, 1.54) is 0 Å². The second-order valence-electron chi connectivity index (χ2n) is 2.18. The highest BCUT2D eigenvalue weighted by Gasteiger charge is 2.14. The molecule has 1 rings (SSSR count). The summed E-state index contributed by atoms with van der Waals surface area (Å²) in [6, 6.07) is 0. The van der Waals surface area contributed by atoms with Crippen LogP contribution in [-0.4, -0.2) is 0 Å². The normalized spacial score (nSPS) is 10.2. The van der Waals surface area contributed by atoms with Crippen LogP contribution >= 0.6 is 34.8 Å². The number of rotatable bonds is 0. The van der Waals surface area contributed by atoms with Gasteiger partial charge in [0, 0.05) is 0 Å². The minimum absolute atomic E-state index is 0.133. The highest BCUT2D eigenvalue weighted by atomic mass is 35.5. The Morgan fingerprint density at radius 2 is 0.917 bits per heavy atom. The summed E-state index contributed by atoms with van der Waals surface area (Å²) in [5.41, 5.74) is 16.9. The molecule has 0 aliphatic carbocycles. The van der Waals surface area contributed by atoms with Crippen molar-refractivity contribution in [2.24, 2.45) is 0 Å². The highest BCUT2D eigenvalue weighted by molar-refractivity contribution is 6.48. The van der Waals surface area contributed by atoms with Crippen molar-refractivity contribution < 1.29 is 0 Å². The van der Waals surface area contributed by atoms with Crippen LogP contribution < -0.4 is 17.2 Å². The van der Waals surface area contributed by atoms with Crippen molar-refractivity contribution in [3.63, 3.8) is 0 Å². The zero-order valence-electron chi connectivity index (χ0n) is 5.87. The van der Waals surface area contributed by atoms with E-state index in [4.69, 9.17) is 52.0 Å². The second kappa shape index (κ2) is 3.09. The van der Waals surface area contributed by atoms with Crippen molar-refractivity contribution in [2.45, 2.75) is 0 Å². The molecule has 0 saturated heterocycles. The van der Waals surface area contributed by atoms with E-state index in [2.05, 4.69) is 0 Å². The molecule has 1 aromatic carbocycles. The van der Waals surface area contributed by atoms with Gasteiger partial charge >= 0.3 is 0 Å². The van der Waals surface area contributed by atoms with Crippen molar-refractivity contribution in [2.75, 3.05) is 17.2 Å². The largest absolute Gasteiger partial charge is 0.396 e. The summed E-state index contributed by atoms with van der Waals surface area (Å²) >= 11 is 17.1. The lowest BCUT2D eigenvalue weighted by atomic mass is 10.2. The molecule has 0 fully saturated rings. The van der Waals surface area contributed by atoms with Gasteiger partial charge in [0.2, 0.25) is 0 Å². The monoisotopic (exact) mass is 225 g/mol. The third-order valence-corrected chi connectivity index (χ3v) is 2.72. The van der Waals surface area contributed by atoms with E-state index >= 15 is 0 Å². The van der Waals surface area contributed by atoms with Crippen molar-refractivity contribution in [3.8, 4) is 0 Å². The predicted molar refractivity (Wildman–Crippen MR) is 54.7 cm³/mol. The van der Waals surface area contributed by atoms with Gasteiger partial charge in [-0.3, -0.25) is 0 Å². The first kappa shape index (κ1) is 9.58. The second-order valence-corrected chi connectivity index (χ2v) is 3.32. The quantitative estimate of drug-likeness (QED) is 0.469. The summed E-state index contributed by atoms with van der Waals surface area (Å²) in [4.78, 5) is 0. The summed E-state index contributed by atoms with van der Waals surface area (Å²) in [6.07, 6.45) is 0. The first-order valence-corrected chi connectivity index (χ1v) is 4.07. The molecule has 0 spiro atoms. The van der Waals surface area contributed by atoms with Crippen molar-refractivity contribution in [1.82, 2.24) is 0 Å². The topological polar surface area (TPSA) is 78.1 Å². The third-order valence-electron chi connectivity index (χ3n) is 1.43. The van der Waals surface area contributed by atoms with Crippen LogP contribution in [0.25, 0.3) is 0 Å². The van der Waals surface area contributed by atoms with Gasteiger partial charge in [-0.25, -0.2) is 0 Å². The van der Waals surface area contributed by atoms with Crippen LogP contribution in [0.3, 0.4) is 0 Å². The Bertz CT molecular complexity index is 232. The van der Waals surface area contributed by atoms with Crippen molar-refractivity contribution in [3.05, 3.63) is 15.1 Å². The number of benzene rings is 1. The Balaban J connectivity index is 3.60. The fourth-order valence-corrected chi connectivity index (χ4v) is 1.36. The maximum atomic E-state index is 5.69. The molecule has 0 saturated carbocycles. The van der Waals surface area contributed by atoms with E-state index < -0.39 is 0 Å². The lowest BCUT2D eigenvalue weighted by Gasteiger charge is -2.09. The zero-order valence-corrected chi connectivity index (χ0v) is 8.13. The van der Waals surface area contributed by atoms with Crippen molar-refractivity contribution in [1.29, 1.82) is 0 Å². The van der Waals surface area contributed by atoms with E-state index in [1.54, 1.807) is 0 Å². The van der Waals surface area contributed by atoms with E-state index in [9.17, 15) is 0 Å². The SMILES string of the molecule is Nc1c(N)c(Cl)c(Cl)c(N)c1Cl. The van der Waals surface area contributed by atoms with E-state index in [0.717, 1.165) is 0 Å². The minimum Gasteiger partial charge on any atom is -0.396 e. The van der Waals surface area contributed by atoms with Crippen LogP contribution in [0.2, 0.25) is 15.1 Å². The first-order valence-electron chi connectivity index (χ1n) is 2.93. The maximum Gasteiger partial charge on any atom is 0.0902 e. The average molecular weight is 226 g/mol. The molecular formula is C6H6Cl3N3. The Labute approximate surface area is 84.4 Å². The molecule has 12 heavy (non-hydrogen) atoms. The molecule has 0 heterocycles. The molecule has 3 nitrogen and oxygen atoms in total. The van der Waals surface area contributed by atoms with Crippen LogP contribution in [0.5, 0.6) is 0 Å². The standard InChI is InChI=1S/C6H6Cl3N3/c7-1-2(8)5(11)6(12)3(9)4(1)10/h10-12H2. The lowest BCUT2D eigenvalue weighted by molar-refractivity contribution is 1.64. The van der Waals surface area contributed by atoms with Gasteiger partial charge in [0.25, 0.3) is 0 Å². The molecule has 0 aliphatic rings. The van der Waals surface area contributed by atoms with Crippen LogP contribution in [0, 0.1) is 0 Å². The fraction of sp³-hybridized carbons (Fsp3) is 0. The zero-order chi connectivity index (χ0) is 9.46. The van der Waals surface area contributed by atoms with Gasteiger partial charge in [-0.2, -0.15) is 0 Å². The van der Waals surface area contributed by atoms with Gasteiger partial charge in [0.15, 0.2) is 0 Å². The van der Waals surface area contributed by atoms with Crippen LogP contribution in [0.15, 0.2) is 0 Å². The van der Waals surface area contributed by atoms with E-state index in [0.29, 0.717) is 0 Å². The molecule has 0 radical (unpaired) electrons. The fourth-order valence-electron chi connectivity index (χ4n) is 0.714. The molecular weight excluding hydrogens is 220 g/mol. The molecule has 66 valence electrons. The molecule has 0 bridgehead atoms. The summed E-state index contributed by atoms with van der Waals surface area (Å²) in [7, 11) is 0.